The molecule has 3 saturated heterocycles. The summed E-state index contributed by atoms with van der Waals surface area (Å²) in [7, 11) is 8.67. The Balaban J connectivity index is 0.000000387. The van der Waals surface area contributed by atoms with Gasteiger partial charge in [-0.3, -0.25) is 24.5 Å². The van der Waals surface area contributed by atoms with Crippen molar-refractivity contribution in [2.75, 3.05) is 186 Å². The lowest BCUT2D eigenvalue weighted by molar-refractivity contribution is -0.00487. The minimum atomic E-state index is -0.368. The van der Waals surface area contributed by atoms with Crippen LogP contribution in [0.25, 0.3) is 0 Å². The molecule has 0 amide bonds. The molecular weight excluding hydrogens is 705 g/mol. The average molecular weight is 799 g/mol. The molecule has 3 fully saturated rings. The molecule has 12 heteroatoms. The number of aliphatic hydroxyl groups is 2. The summed E-state index contributed by atoms with van der Waals surface area (Å²) < 4.78 is 11.6. The molecule has 4 atom stereocenters. The highest BCUT2D eigenvalue weighted by Crippen LogP contribution is 2.14. The van der Waals surface area contributed by atoms with E-state index in [4.69, 9.17) is 9.47 Å². The first-order chi connectivity index (χ1) is 27.0. The van der Waals surface area contributed by atoms with Crippen LogP contribution in [0.2, 0.25) is 0 Å². The van der Waals surface area contributed by atoms with Gasteiger partial charge < -0.3 is 34.4 Å². The topological polar surface area (TPSA) is 84.8 Å². The van der Waals surface area contributed by atoms with E-state index in [0.29, 0.717) is 25.0 Å². The molecule has 3 aliphatic rings. The highest BCUT2D eigenvalue weighted by atomic mass is 16.5. The standard InChI is InChI=1S/C22H46N4O2.C22H48N4O2/c1-4-6-7-21(5-2)19-28-20-22(27)18-26-16-14-25(15-17-26)13-12-24-10-8-23(3)9-11-24;1-6-8-9-21(7-2)19-28-20-22(27)18-26-16-14-25(15-17-26)13-12-24(5)11-10-23(3)4/h21-22,27H,4-20H2,1-3H3;21-22,27H,6-20H2,1-5H3. The Labute approximate surface area is 346 Å². The second kappa shape index (κ2) is 32.3. The van der Waals surface area contributed by atoms with Crippen molar-refractivity contribution in [3.8, 4) is 0 Å². The molecule has 0 aromatic rings. The summed E-state index contributed by atoms with van der Waals surface area (Å²) in [6.45, 7) is 33.3. The van der Waals surface area contributed by atoms with Gasteiger partial charge in [-0.05, 0) is 52.9 Å². The van der Waals surface area contributed by atoms with Crippen molar-refractivity contribution in [1.29, 1.82) is 0 Å². The second-order valence-corrected chi connectivity index (χ2v) is 17.8. The number of aliphatic hydroxyl groups excluding tert-OH is 2. The highest BCUT2D eigenvalue weighted by molar-refractivity contribution is 4.78. The molecule has 0 saturated carbocycles. The van der Waals surface area contributed by atoms with E-state index in [1.807, 2.05) is 0 Å². The predicted molar refractivity (Wildman–Crippen MR) is 236 cm³/mol. The van der Waals surface area contributed by atoms with E-state index in [2.05, 4.69) is 95.1 Å². The van der Waals surface area contributed by atoms with Crippen LogP contribution < -0.4 is 0 Å². The maximum absolute atomic E-state index is 10.3. The van der Waals surface area contributed by atoms with E-state index in [-0.39, 0.29) is 12.2 Å². The summed E-state index contributed by atoms with van der Waals surface area (Å²) in [5, 5.41) is 20.7. The predicted octanol–water partition coefficient (Wildman–Crippen LogP) is 3.14. The SMILES string of the molecule is CCCCC(CC)COCC(O)CN1CCN(CCN(C)CCN(C)C)CC1.CCCCC(CC)COCC(O)CN1CCN(CCN2CCN(C)CC2)CC1. The van der Waals surface area contributed by atoms with Gasteiger partial charge in [-0.25, -0.2) is 0 Å². The number of likely N-dealkylation sites (N-methyl/N-ethyl adjacent to an activating group) is 3. The summed E-state index contributed by atoms with van der Waals surface area (Å²) >= 11 is 0. The Morgan fingerprint density at radius 3 is 1.29 bits per heavy atom. The number of β-amino-alcohol motifs (C(OH)–C–C–N with tert-alkyl or cyclic N) is 2. The maximum atomic E-state index is 10.3. The summed E-state index contributed by atoms with van der Waals surface area (Å²) in [6, 6.07) is 0. The Hall–Kier alpha value is -0.480. The molecule has 3 heterocycles. The molecule has 56 heavy (non-hydrogen) atoms. The smallest absolute Gasteiger partial charge is 0.0900 e. The monoisotopic (exact) mass is 799 g/mol. The number of piperazine rings is 3. The van der Waals surface area contributed by atoms with Crippen LogP contribution in [0.4, 0.5) is 0 Å². The zero-order valence-electron chi connectivity index (χ0n) is 38.2. The molecule has 4 unspecified atom stereocenters. The van der Waals surface area contributed by atoms with Crippen molar-refractivity contribution >= 4 is 0 Å². The van der Waals surface area contributed by atoms with Crippen molar-refractivity contribution in [2.24, 2.45) is 11.8 Å². The van der Waals surface area contributed by atoms with Crippen LogP contribution in [-0.2, 0) is 9.47 Å². The highest BCUT2D eigenvalue weighted by Gasteiger charge is 2.22. The molecule has 334 valence electrons. The molecule has 0 spiro atoms. The lowest BCUT2D eigenvalue weighted by Gasteiger charge is -2.38. The van der Waals surface area contributed by atoms with Crippen LogP contribution >= 0.6 is 0 Å². The number of hydrogen-bond donors (Lipinski definition) is 2. The normalized spacial score (nSPS) is 21.0. The molecule has 2 N–H and O–H groups in total. The molecule has 0 aliphatic carbocycles. The van der Waals surface area contributed by atoms with Crippen molar-refractivity contribution in [1.82, 2.24) is 39.2 Å². The molecule has 0 aromatic heterocycles. The first-order valence-corrected chi connectivity index (χ1v) is 23.2. The van der Waals surface area contributed by atoms with E-state index in [0.717, 1.165) is 105 Å². The van der Waals surface area contributed by atoms with Gasteiger partial charge in [-0.1, -0.05) is 66.2 Å². The Morgan fingerprint density at radius 1 is 0.500 bits per heavy atom. The molecule has 12 nitrogen and oxygen atoms in total. The van der Waals surface area contributed by atoms with E-state index < -0.39 is 0 Å². The number of nitrogens with zero attached hydrogens (tertiary/aromatic N) is 8. The number of rotatable bonds is 29. The Kier molecular flexibility index (Phi) is 29.8. The quantitative estimate of drug-likeness (QED) is 0.117. The second-order valence-electron chi connectivity index (χ2n) is 17.8. The van der Waals surface area contributed by atoms with Gasteiger partial charge in [0.2, 0.25) is 0 Å². The largest absolute Gasteiger partial charge is 0.389 e. The lowest BCUT2D eigenvalue weighted by atomic mass is 10.0. The first kappa shape index (κ1) is 51.7. The number of ether oxygens (including phenoxy) is 2. The fourth-order valence-corrected chi connectivity index (χ4v) is 7.78. The van der Waals surface area contributed by atoms with Crippen LogP contribution in [0.1, 0.15) is 79.1 Å². The summed E-state index contributed by atoms with van der Waals surface area (Å²) in [6.07, 6.45) is 9.16. The van der Waals surface area contributed by atoms with Gasteiger partial charge >= 0.3 is 0 Å². The van der Waals surface area contributed by atoms with Gasteiger partial charge in [0.1, 0.15) is 0 Å². The third kappa shape index (κ3) is 25.2. The third-order valence-corrected chi connectivity index (χ3v) is 12.3. The fourth-order valence-electron chi connectivity index (χ4n) is 7.78. The van der Waals surface area contributed by atoms with Crippen molar-refractivity contribution < 1.29 is 19.7 Å². The van der Waals surface area contributed by atoms with Gasteiger partial charge in [0, 0.05) is 144 Å². The number of unbranched alkanes of at least 4 members (excludes halogenated alkanes) is 2. The Bertz CT molecular complexity index is 885. The zero-order valence-corrected chi connectivity index (χ0v) is 38.2. The molecular formula is C44H94N8O4. The summed E-state index contributed by atoms with van der Waals surface area (Å²) in [5.41, 5.74) is 0. The summed E-state index contributed by atoms with van der Waals surface area (Å²) in [5.74, 6) is 1.29. The van der Waals surface area contributed by atoms with E-state index >= 15 is 0 Å². The van der Waals surface area contributed by atoms with Crippen molar-refractivity contribution in [3.05, 3.63) is 0 Å². The van der Waals surface area contributed by atoms with Crippen LogP contribution in [0.5, 0.6) is 0 Å². The van der Waals surface area contributed by atoms with Crippen LogP contribution in [0, 0.1) is 11.8 Å². The minimum absolute atomic E-state index is 0.361. The molecule has 0 aromatic carbocycles. The first-order valence-electron chi connectivity index (χ1n) is 23.2. The van der Waals surface area contributed by atoms with Crippen LogP contribution in [-0.4, -0.2) is 247 Å². The molecule has 0 radical (unpaired) electrons. The van der Waals surface area contributed by atoms with Gasteiger partial charge in [0.15, 0.2) is 0 Å². The molecule has 3 aliphatic heterocycles. The Morgan fingerprint density at radius 2 is 0.893 bits per heavy atom. The lowest BCUT2D eigenvalue weighted by Crippen LogP contribution is -2.52. The zero-order chi connectivity index (χ0) is 41.0. The molecule has 3 rings (SSSR count). The van der Waals surface area contributed by atoms with E-state index in [1.54, 1.807) is 0 Å². The van der Waals surface area contributed by atoms with Crippen molar-refractivity contribution in [3.63, 3.8) is 0 Å². The average Bonchev–Trinajstić information content (AvgIpc) is 3.20. The van der Waals surface area contributed by atoms with Gasteiger partial charge in [-0.2, -0.15) is 0 Å². The van der Waals surface area contributed by atoms with Crippen LogP contribution in [0.15, 0.2) is 0 Å². The van der Waals surface area contributed by atoms with Gasteiger partial charge in [0.05, 0.1) is 25.4 Å². The van der Waals surface area contributed by atoms with E-state index in [9.17, 15) is 10.2 Å². The summed E-state index contributed by atoms with van der Waals surface area (Å²) in [4.78, 5) is 19.6. The van der Waals surface area contributed by atoms with Gasteiger partial charge in [-0.15, -0.1) is 0 Å². The minimum Gasteiger partial charge on any atom is -0.389 e. The van der Waals surface area contributed by atoms with Crippen molar-refractivity contribution in [2.45, 2.75) is 91.3 Å². The molecule has 0 bridgehead atoms. The van der Waals surface area contributed by atoms with E-state index in [1.165, 1.54) is 90.6 Å². The number of hydrogen-bond acceptors (Lipinski definition) is 12. The third-order valence-electron chi connectivity index (χ3n) is 12.3. The fraction of sp³-hybridized carbons (Fsp3) is 1.00. The van der Waals surface area contributed by atoms with Gasteiger partial charge in [0.25, 0.3) is 0 Å². The maximum Gasteiger partial charge on any atom is 0.0900 e. The van der Waals surface area contributed by atoms with Crippen LogP contribution in [0.3, 0.4) is 0 Å².